The summed E-state index contributed by atoms with van der Waals surface area (Å²) < 4.78 is 5.04. The van der Waals surface area contributed by atoms with Gasteiger partial charge in [-0.15, -0.1) is 0 Å². The monoisotopic (exact) mass is 437 g/mol. The van der Waals surface area contributed by atoms with Crippen molar-refractivity contribution in [3.8, 4) is 17.0 Å². The van der Waals surface area contributed by atoms with Gasteiger partial charge in [0.25, 0.3) is 0 Å². The predicted molar refractivity (Wildman–Crippen MR) is 122 cm³/mol. The number of ketones is 1. The minimum absolute atomic E-state index is 0.00963. The fraction of sp³-hybridized carbons (Fsp3) is 0.250. The molecule has 0 radical (unpaired) electrons. The molecule has 0 saturated carbocycles. The fourth-order valence-corrected chi connectivity index (χ4v) is 3.43. The van der Waals surface area contributed by atoms with E-state index in [1.807, 2.05) is 31.2 Å². The van der Waals surface area contributed by atoms with E-state index in [9.17, 15) is 9.59 Å². The summed E-state index contributed by atoms with van der Waals surface area (Å²) in [4.78, 5) is 34.4. The van der Waals surface area contributed by atoms with Crippen LogP contribution in [0.4, 0.5) is 5.69 Å². The highest BCUT2D eigenvalue weighted by Gasteiger charge is 2.14. The predicted octanol–water partition coefficient (Wildman–Crippen LogP) is 4.99. The van der Waals surface area contributed by atoms with Crippen molar-refractivity contribution in [3.63, 3.8) is 0 Å². The molecule has 1 aromatic carbocycles. The van der Waals surface area contributed by atoms with E-state index in [1.54, 1.807) is 49.7 Å². The number of benzene rings is 1. The molecular weight excluding hydrogens is 414 g/mol. The molecule has 7 heteroatoms. The molecule has 3 aromatic rings. The zero-order valence-corrected chi connectivity index (χ0v) is 18.5. The number of carbonyl (C=O) groups excluding carboxylic acids is 2. The Morgan fingerprint density at radius 1 is 1.03 bits per heavy atom. The molecule has 0 N–H and O–H groups in total. The molecule has 2 heterocycles. The molecule has 0 atom stereocenters. The van der Waals surface area contributed by atoms with Crippen LogP contribution in [0.2, 0.25) is 5.02 Å². The minimum Gasteiger partial charge on any atom is -0.481 e. The Bertz CT molecular complexity index is 1070. The van der Waals surface area contributed by atoms with Gasteiger partial charge in [0.15, 0.2) is 5.78 Å². The number of hydrogen-bond donors (Lipinski definition) is 0. The average Bonchev–Trinajstić information content (AvgIpc) is 2.81. The van der Waals surface area contributed by atoms with E-state index >= 15 is 0 Å². The van der Waals surface area contributed by atoms with Gasteiger partial charge >= 0.3 is 0 Å². The lowest BCUT2D eigenvalue weighted by atomic mass is 10.0. The molecule has 0 bridgehead atoms. The van der Waals surface area contributed by atoms with Crippen LogP contribution in [0.3, 0.4) is 0 Å². The third-order valence-electron chi connectivity index (χ3n) is 5.02. The van der Waals surface area contributed by atoms with Gasteiger partial charge in [0.1, 0.15) is 5.69 Å². The lowest BCUT2D eigenvalue weighted by Gasteiger charge is -2.18. The standard InChI is InChI=1S/C24H24ClN3O3/c1-4-24(30)28(2)21-10-8-17(13-19(21)25)18-7-9-20(26-15-18)22(29)11-5-16-6-12-23(31-3)27-14-16/h6-10,12-15H,4-5,11H2,1-3H3. The number of nitrogens with zero attached hydrogens (tertiary/aromatic N) is 3. The molecule has 0 fully saturated rings. The third-order valence-corrected chi connectivity index (χ3v) is 5.32. The van der Waals surface area contributed by atoms with Gasteiger partial charge in [-0.05, 0) is 35.7 Å². The van der Waals surface area contributed by atoms with E-state index in [0.717, 1.165) is 16.7 Å². The third kappa shape index (κ3) is 5.47. The summed E-state index contributed by atoms with van der Waals surface area (Å²) in [6.45, 7) is 1.81. The van der Waals surface area contributed by atoms with Crippen LogP contribution in [0.25, 0.3) is 11.1 Å². The molecule has 0 spiro atoms. The Balaban J connectivity index is 1.67. The van der Waals surface area contributed by atoms with Gasteiger partial charge in [-0.3, -0.25) is 14.6 Å². The Labute approximate surface area is 186 Å². The number of amides is 1. The maximum atomic E-state index is 12.5. The van der Waals surface area contributed by atoms with Gasteiger partial charge in [0, 0.05) is 43.9 Å². The molecule has 0 aliphatic rings. The number of carbonyl (C=O) groups is 2. The molecular formula is C24H24ClN3O3. The van der Waals surface area contributed by atoms with Crippen molar-refractivity contribution >= 4 is 29.0 Å². The number of aromatic nitrogens is 2. The molecule has 6 nitrogen and oxygen atoms in total. The number of aryl methyl sites for hydroxylation is 1. The van der Waals surface area contributed by atoms with Gasteiger partial charge < -0.3 is 9.64 Å². The van der Waals surface area contributed by atoms with E-state index in [-0.39, 0.29) is 11.7 Å². The number of hydrogen-bond acceptors (Lipinski definition) is 5. The van der Waals surface area contributed by atoms with Crippen LogP contribution in [0.5, 0.6) is 5.88 Å². The number of ether oxygens (including phenoxy) is 1. The first-order chi connectivity index (χ1) is 14.9. The van der Waals surface area contributed by atoms with E-state index in [4.69, 9.17) is 16.3 Å². The van der Waals surface area contributed by atoms with Crippen molar-refractivity contribution in [1.82, 2.24) is 9.97 Å². The Kier molecular flexibility index (Phi) is 7.36. The van der Waals surface area contributed by atoms with Gasteiger partial charge in [-0.1, -0.05) is 36.7 Å². The topological polar surface area (TPSA) is 72.4 Å². The van der Waals surface area contributed by atoms with E-state index in [0.29, 0.717) is 41.5 Å². The largest absolute Gasteiger partial charge is 0.481 e. The molecule has 3 rings (SSSR count). The van der Waals surface area contributed by atoms with Crippen molar-refractivity contribution in [2.24, 2.45) is 0 Å². The first-order valence-corrected chi connectivity index (χ1v) is 10.4. The molecule has 0 aliphatic heterocycles. The van der Waals surface area contributed by atoms with Crippen molar-refractivity contribution in [2.75, 3.05) is 19.1 Å². The van der Waals surface area contributed by atoms with Gasteiger partial charge in [-0.25, -0.2) is 4.98 Å². The van der Waals surface area contributed by atoms with E-state index in [1.165, 1.54) is 0 Å². The lowest BCUT2D eigenvalue weighted by molar-refractivity contribution is -0.118. The number of halogens is 1. The average molecular weight is 438 g/mol. The summed E-state index contributed by atoms with van der Waals surface area (Å²) in [6.07, 6.45) is 4.71. The Morgan fingerprint density at radius 2 is 1.81 bits per heavy atom. The summed E-state index contributed by atoms with van der Waals surface area (Å²) in [6, 6.07) is 12.7. The van der Waals surface area contributed by atoms with Crippen molar-refractivity contribution < 1.29 is 14.3 Å². The maximum Gasteiger partial charge on any atom is 0.226 e. The van der Waals surface area contributed by atoms with Crippen LogP contribution in [-0.2, 0) is 11.2 Å². The van der Waals surface area contributed by atoms with Crippen LogP contribution in [-0.4, -0.2) is 35.8 Å². The van der Waals surface area contributed by atoms with Gasteiger partial charge in [0.2, 0.25) is 11.8 Å². The lowest BCUT2D eigenvalue weighted by Crippen LogP contribution is -2.25. The van der Waals surface area contributed by atoms with E-state index in [2.05, 4.69) is 9.97 Å². The van der Waals surface area contributed by atoms with Crippen molar-refractivity contribution in [3.05, 3.63) is 71.1 Å². The minimum atomic E-state index is -0.0320. The summed E-state index contributed by atoms with van der Waals surface area (Å²) in [5, 5.41) is 0.482. The SMILES string of the molecule is CCC(=O)N(C)c1ccc(-c2ccc(C(=O)CCc3ccc(OC)nc3)nc2)cc1Cl. The van der Waals surface area contributed by atoms with Gasteiger partial charge in [-0.2, -0.15) is 0 Å². The molecule has 160 valence electrons. The molecule has 0 saturated heterocycles. The van der Waals surface area contributed by atoms with Crippen LogP contribution in [0.15, 0.2) is 54.9 Å². The zero-order chi connectivity index (χ0) is 22.4. The molecule has 31 heavy (non-hydrogen) atoms. The molecule has 2 aromatic heterocycles. The highest BCUT2D eigenvalue weighted by atomic mass is 35.5. The second kappa shape index (κ2) is 10.2. The molecule has 1 amide bonds. The normalized spacial score (nSPS) is 10.6. The van der Waals surface area contributed by atoms with Crippen LogP contribution in [0.1, 0.15) is 35.8 Å². The Hall–Kier alpha value is -3.25. The number of pyridine rings is 2. The van der Waals surface area contributed by atoms with Crippen LogP contribution < -0.4 is 9.64 Å². The highest BCUT2D eigenvalue weighted by Crippen LogP contribution is 2.31. The molecule has 0 unspecified atom stereocenters. The number of methoxy groups -OCH3 is 1. The number of Topliss-reactive ketones (excluding diaryl/α,β-unsaturated/α-hetero) is 1. The first-order valence-electron chi connectivity index (χ1n) is 9.97. The maximum absolute atomic E-state index is 12.5. The fourth-order valence-electron chi connectivity index (χ4n) is 3.13. The summed E-state index contributed by atoms with van der Waals surface area (Å²) >= 11 is 6.39. The second-order valence-corrected chi connectivity index (χ2v) is 7.44. The van der Waals surface area contributed by atoms with Crippen molar-refractivity contribution in [2.45, 2.75) is 26.2 Å². The molecule has 0 aliphatic carbocycles. The highest BCUT2D eigenvalue weighted by molar-refractivity contribution is 6.34. The zero-order valence-electron chi connectivity index (χ0n) is 17.8. The van der Waals surface area contributed by atoms with Crippen molar-refractivity contribution in [1.29, 1.82) is 0 Å². The first kappa shape index (κ1) is 22.4. The van der Waals surface area contributed by atoms with Gasteiger partial charge in [0.05, 0.1) is 17.8 Å². The number of rotatable bonds is 8. The van der Waals surface area contributed by atoms with Crippen LogP contribution >= 0.6 is 11.6 Å². The van der Waals surface area contributed by atoms with Crippen LogP contribution in [0, 0.1) is 0 Å². The van der Waals surface area contributed by atoms with E-state index < -0.39 is 0 Å². The quantitative estimate of drug-likeness (QED) is 0.464. The summed E-state index contributed by atoms with van der Waals surface area (Å²) in [7, 11) is 3.27. The second-order valence-electron chi connectivity index (χ2n) is 7.04. The Morgan fingerprint density at radius 3 is 2.39 bits per heavy atom. The summed E-state index contributed by atoms with van der Waals surface area (Å²) in [5.41, 5.74) is 3.74. The summed E-state index contributed by atoms with van der Waals surface area (Å²) in [5.74, 6) is 0.504. The number of anilines is 1. The smallest absolute Gasteiger partial charge is 0.226 e.